The summed E-state index contributed by atoms with van der Waals surface area (Å²) in [6.45, 7) is 0.0170. The molecule has 5 rings (SSSR count). The average molecular weight is 537 g/mol. The van der Waals surface area contributed by atoms with Crippen molar-refractivity contribution in [1.29, 1.82) is 0 Å². The van der Waals surface area contributed by atoms with Gasteiger partial charge in [0.25, 0.3) is 5.91 Å². The number of nitrogens with one attached hydrogen (secondary N) is 1. The number of carbonyl (C=O) groups is 2. The SMILES string of the molecule is O=C(CCN1C(=O)/C(=C/c2c3ccccc3cc3ccccc23)SC1=S)Nc1cccc(C(F)(F)F)c1. The summed E-state index contributed by atoms with van der Waals surface area (Å²) in [7, 11) is 0. The number of thiocarbonyl (C=S) groups is 1. The molecule has 1 heterocycles. The number of carbonyl (C=O) groups excluding carboxylic acids is 2. The third-order valence-electron chi connectivity index (χ3n) is 6.00. The fourth-order valence-electron chi connectivity index (χ4n) is 4.24. The number of hydrogen-bond acceptors (Lipinski definition) is 4. The molecule has 1 fully saturated rings. The Balaban J connectivity index is 1.34. The van der Waals surface area contributed by atoms with Crippen LogP contribution in [0.4, 0.5) is 18.9 Å². The molecule has 4 aromatic carbocycles. The molecule has 186 valence electrons. The van der Waals surface area contributed by atoms with Crippen LogP contribution in [-0.2, 0) is 15.8 Å². The largest absolute Gasteiger partial charge is 0.416 e. The molecular formula is C28H19F3N2O2S2. The molecular weight excluding hydrogens is 517 g/mol. The summed E-state index contributed by atoms with van der Waals surface area (Å²) in [5.74, 6) is -0.823. The molecule has 0 aromatic heterocycles. The quantitative estimate of drug-likeness (QED) is 0.166. The van der Waals surface area contributed by atoms with Crippen LogP contribution in [0.5, 0.6) is 0 Å². The van der Waals surface area contributed by atoms with Crippen molar-refractivity contribution in [3.63, 3.8) is 0 Å². The van der Waals surface area contributed by atoms with Gasteiger partial charge < -0.3 is 5.32 Å². The normalized spacial score (nSPS) is 15.2. The Kier molecular flexibility index (Phi) is 6.74. The minimum atomic E-state index is -4.51. The molecule has 0 aliphatic carbocycles. The van der Waals surface area contributed by atoms with Gasteiger partial charge in [0.1, 0.15) is 4.32 Å². The first-order valence-electron chi connectivity index (χ1n) is 11.3. The minimum Gasteiger partial charge on any atom is -0.326 e. The predicted molar refractivity (Wildman–Crippen MR) is 146 cm³/mol. The van der Waals surface area contributed by atoms with E-state index in [1.807, 2.05) is 54.6 Å². The van der Waals surface area contributed by atoms with Crippen LogP contribution in [0.15, 0.2) is 83.8 Å². The van der Waals surface area contributed by atoms with Gasteiger partial charge in [0.15, 0.2) is 0 Å². The summed E-state index contributed by atoms with van der Waals surface area (Å²) in [4.78, 5) is 27.4. The van der Waals surface area contributed by atoms with Gasteiger partial charge >= 0.3 is 6.18 Å². The van der Waals surface area contributed by atoms with Gasteiger partial charge in [-0.15, -0.1) is 0 Å². The van der Waals surface area contributed by atoms with Crippen molar-refractivity contribution in [3.8, 4) is 0 Å². The maximum atomic E-state index is 13.2. The van der Waals surface area contributed by atoms with E-state index in [9.17, 15) is 22.8 Å². The van der Waals surface area contributed by atoms with Gasteiger partial charge in [-0.3, -0.25) is 14.5 Å². The molecule has 1 saturated heterocycles. The lowest BCUT2D eigenvalue weighted by atomic mass is 9.96. The van der Waals surface area contributed by atoms with Gasteiger partial charge in [-0.1, -0.05) is 78.6 Å². The number of halogens is 3. The Hall–Kier alpha value is -3.69. The Bertz CT molecular complexity index is 1540. The molecule has 0 spiro atoms. The second-order valence-electron chi connectivity index (χ2n) is 8.44. The standard InChI is InChI=1S/C28H19F3N2O2S2/c29-28(30,31)19-8-5-9-20(15-19)32-25(34)12-13-33-26(35)24(37-27(33)36)16-23-21-10-3-1-6-17(21)14-18-7-2-4-11-22(18)23/h1-11,14-16H,12-13H2,(H,32,34)/b24-16-. The fraction of sp³-hybridized carbons (Fsp3) is 0.107. The number of alkyl halides is 3. The van der Waals surface area contributed by atoms with Crippen molar-refractivity contribution in [2.75, 3.05) is 11.9 Å². The van der Waals surface area contributed by atoms with Crippen LogP contribution in [0.1, 0.15) is 17.5 Å². The van der Waals surface area contributed by atoms with Crippen molar-refractivity contribution in [3.05, 3.63) is 94.9 Å². The van der Waals surface area contributed by atoms with Crippen molar-refractivity contribution in [2.45, 2.75) is 12.6 Å². The van der Waals surface area contributed by atoms with Crippen LogP contribution < -0.4 is 5.32 Å². The van der Waals surface area contributed by atoms with E-state index < -0.39 is 17.6 Å². The highest BCUT2D eigenvalue weighted by Crippen LogP contribution is 2.37. The Morgan fingerprint density at radius 1 is 0.946 bits per heavy atom. The van der Waals surface area contributed by atoms with Crippen LogP contribution in [0.3, 0.4) is 0 Å². The molecule has 4 nitrogen and oxygen atoms in total. The monoisotopic (exact) mass is 536 g/mol. The smallest absolute Gasteiger partial charge is 0.326 e. The zero-order valence-corrected chi connectivity index (χ0v) is 20.8. The first-order valence-corrected chi connectivity index (χ1v) is 12.6. The van der Waals surface area contributed by atoms with Gasteiger partial charge in [-0.05, 0) is 57.4 Å². The first-order chi connectivity index (χ1) is 17.7. The molecule has 37 heavy (non-hydrogen) atoms. The Morgan fingerprint density at radius 3 is 2.24 bits per heavy atom. The average Bonchev–Trinajstić information content (AvgIpc) is 3.14. The summed E-state index contributed by atoms with van der Waals surface area (Å²) in [5.41, 5.74) is 0.0952. The number of hydrogen-bond donors (Lipinski definition) is 1. The van der Waals surface area contributed by atoms with Gasteiger partial charge in [0.2, 0.25) is 5.91 Å². The molecule has 4 aromatic rings. The second kappa shape index (κ2) is 9.99. The summed E-state index contributed by atoms with van der Waals surface area (Å²) < 4.78 is 39.1. The maximum absolute atomic E-state index is 13.2. The molecule has 0 saturated carbocycles. The molecule has 0 atom stereocenters. The fourth-order valence-corrected chi connectivity index (χ4v) is 5.53. The van der Waals surface area contributed by atoms with Gasteiger partial charge in [0, 0.05) is 18.7 Å². The zero-order valence-electron chi connectivity index (χ0n) is 19.2. The first kappa shape index (κ1) is 25.0. The molecule has 0 bridgehead atoms. The van der Waals surface area contributed by atoms with Crippen molar-refractivity contribution in [1.82, 2.24) is 4.90 Å². The third-order valence-corrected chi connectivity index (χ3v) is 7.38. The zero-order chi connectivity index (χ0) is 26.2. The highest BCUT2D eigenvalue weighted by atomic mass is 32.2. The number of benzene rings is 4. The van der Waals surface area contributed by atoms with E-state index in [4.69, 9.17) is 12.2 Å². The van der Waals surface area contributed by atoms with E-state index in [-0.39, 0.29) is 24.6 Å². The maximum Gasteiger partial charge on any atom is 0.416 e. The van der Waals surface area contributed by atoms with Gasteiger partial charge in [-0.25, -0.2) is 0 Å². The lowest BCUT2D eigenvalue weighted by Crippen LogP contribution is -2.31. The molecule has 0 unspecified atom stereocenters. The summed E-state index contributed by atoms with van der Waals surface area (Å²) in [6.07, 6.45) is -2.79. The molecule has 2 amide bonds. The summed E-state index contributed by atoms with van der Waals surface area (Å²) >= 11 is 6.58. The number of rotatable bonds is 5. The molecule has 1 aliphatic heterocycles. The van der Waals surface area contributed by atoms with Crippen LogP contribution in [0, 0.1) is 0 Å². The lowest BCUT2D eigenvalue weighted by molar-refractivity contribution is -0.137. The highest BCUT2D eigenvalue weighted by Gasteiger charge is 2.33. The van der Waals surface area contributed by atoms with E-state index in [1.165, 1.54) is 28.8 Å². The number of amides is 2. The number of nitrogens with zero attached hydrogens (tertiary/aromatic N) is 1. The molecule has 1 N–H and O–H groups in total. The van der Waals surface area contributed by atoms with Gasteiger partial charge in [-0.2, -0.15) is 13.2 Å². The Labute approximate surface area is 220 Å². The number of anilines is 1. The van der Waals surface area contributed by atoms with Crippen molar-refractivity contribution in [2.24, 2.45) is 0 Å². The summed E-state index contributed by atoms with van der Waals surface area (Å²) in [6, 6.07) is 22.4. The van der Waals surface area contributed by atoms with E-state index in [0.717, 1.165) is 39.2 Å². The van der Waals surface area contributed by atoms with E-state index in [2.05, 4.69) is 11.4 Å². The number of fused-ring (bicyclic) bond motifs is 2. The number of thioether (sulfide) groups is 1. The molecule has 9 heteroatoms. The van der Waals surface area contributed by atoms with E-state index in [1.54, 1.807) is 0 Å². The lowest BCUT2D eigenvalue weighted by Gasteiger charge is -2.14. The molecule has 1 aliphatic rings. The van der Waals surface area contributed by atoms with Crippen LogP contribution >= 0.6 is 24.0 Å². The Morgan fingerprint density at radius 2 is 1.59 bits per heavy atom. The van der Waals surface area contributed by atoms with Gasteiger partial charge in [0.05, 0.1) is 10.5 Å². The highest BCUT2D eigenvalue weighted by molar-refractivity contribution is 8.26. The minimum absolute atomic E-state index is 0.0170. The van der Waals surface area contributed by atoms with Crippen molar-refractivity contribution < 1.29 is 22.8 Å². The summed E-state index contributed by atoms with van der Waals surface area (Å²) in [5, 5.41) is 6.57. The van der Waals surface area contributed by atoms with Crippen LogP contribution in [0.25, 0.3) is 27.6 Å². The molecule has 0 radical (unpaired) electrons. The second-order valence-corrected chi connectivity index (χ2v) is 10.1. The van der Waals surface area contributed by atoms with E-state index >= 15 is 0 Å². The van der Waals surface area contributed by atoms with Crippen LogP contribution in [-0.4, -0.2) is 27.6 Å². The van der Waals surface area contributed by atoms with Crippen LogP contribution in [0.2, 0.25) is 0 Å². The van der Waals surface area contributed by atoms with E-state index in [0.29, 0.717) is 9.23 Å². The third kappa shape index (κ3) is 5.23. The van der Waals surface area contributed by atoms with Crippen molar-refractivity contribution >= 4 is 73.4 Å². The predicted octanol–water partition coefficient (Wildman–Crippen LogP) is 7.24. The topological polar surface area (TPSA) is 49.4 Å².